The van der Waals surface area contributed by atoms with Crippen molar-refractivity contribution < 1.29 is 4.79 Å². The van der Waals surface area contributed by atoms with E-state index in [4.69, 9.17) is 0 Å². The molecule has 0 aromatic carbocycles. The normalized spacial score (nSPS) is 24.8. The van der Waals surface area contributed by atoms with Crippen LogP contribution in [0.3, 0.4) is 0 Å². The fourth-order valence-electron chi connectivity index (χ4n) is 2.66. The maximum Gasteiger partial charge on any atom is 0.152 e. The monoisotopic (exact) mass is 296 g/mol. The van der Waals surface area contributed by atoms with Crippen LogP contribution in [0.5, 0.6) is 0 Å². The summed E-state index contributed by atoms with van der Waals surface area (Å²) < 4.78 is 0.710. The van der Waals surface area contributed by atoms with E-state index in [1.165, 1.54) is 6.42 Å². The number of carbonyl (C=O) groups excluding carboxylic acids is 1. The number of carbonyl (C=O) groups is 1. The molecule has 2 rings (SSSR count). The molecular formula is C13H17BrN2O. The number of aromatic nitrogens is 1. The number of hydrogen-bond donors (Lipinski definition) is 0. The van der Waals surface area contributed by atoms with Crippen LogP contribution in [0.1, 0.15) is 30.6 Å². The van der Waals surface area contributed by atoms with Gasteiger partial charge in [-0.1, -0.05) is 13.8 Å². The molecule has 1 fully saturated rings. The SMILES string of the molecule is C[C@@H]1C[C@H](C)CN(c2cnc(Br)cc2C=O)C1. The molecule has 4 heteroatoms. The second-order valence-corrected chi connectivity index (χ2v) is 5.85. The predicted octanol–water partition coefficient (Wildman–Crippen LogP) is 3.14. The summed E-state index contributed by atoms with van der Waals surface area (Å²) >= 11 is 3.30. The summed E-state index contributed by atoms with van der Waals surface area (Å²) in [5, 5.41) is 0. The van der Waals surface area contributed by atoms with Crippen LogP contribution in [-0.2, 0) is 0 Å². The summed E-state index contributed by atoms with van der Waals surface area (Å²) in [7, 11) is 0. The van der Waals surface area contributed by atoms with Gasteiger partial charge in [-0.05, 0) is 40.3 Å². The van der Waals surface area contributed by atoms with Crippen molar-refractivity contribution in [2.24, 2.45) is 11.8 Å². The smallest absolute Gasteiger partial charge is 0.152 e. The predicted molar refractivity (Wildman–Crippen MR) is 72.5 cm³/mol. The van der Waals surface area contributed by atoms with Gasteiger partial charge in [0.05, 0.1) is 11.9 Å². The van der Waals surface area contributed by atoms with Crippen molar-refractivity contribution in [1.82, 2.24) is 4.98 Å². The number of piperidine rings is 1. The lowest BCUT2D eigenvalue weighted by molar-refractivity contribution is 0.112. The van der Waals surface area contributed by atoms with E-state index in [1.54, 1.807) is 12.3 Å². The van der Waals surface area contributed by atoms with Crippen LogP contribution in [0.2, 0.25) is 0 Å². The van der Waals surface area contributed by atoms with Gasteiger partial charge in [0.1, 0.15) is 4.60 Å². The van der Waals surface area contributed by atoms with Crippen LogP contribution < -0.4 is 4.90 Å². The first-order chi connectivity index (χ1) is 8.10. The topological polar surface area (TPSA) is 33.2 Å². The van der Waals surface area contributed by atoms with E-state index in [9.17, 15) is 4.79 Å². The molecular weight excluding hydrogens is 280 g/mol. The van der Waals surface area contributed by atoms with Gasteiger partial charge in [0, 0.05) is 18.7 Å². The lowest BCUT2D eigenvalue weighted by Crippen LogP contribution is -2.39. The molecule has 2 heterocycles. The van der Waals surface area contributed by atoms with Crippen LogP contribution in [-0.4, -0.2) is 24.4 Å². The molecule has 1 aliphatic rings. The molecule has 0 aliphatic carbocycles. The van der Waals surface area contributed by atoms with Crippen molar-refractivity contribution in [2.75, 3.05) is 18.0 Å². The Morgan fingerprint density at radius 1 is 1.41 bits per heavy atom. The Labute approximate surface area is 110 Å². The van der Waals surface area contributed by atoms with E-state index in [0.29, 0.717) is 22.0 Å². The average Bonchev–Trinajstić information content (AvgIpc) is 2.27. The highest BCUT2D eigenvalue weighted by Crippen LogP contribution is 2.28. The quantitative estimate of drug-likeness (QED) is 0.621. The van der Waals surface area contributed by atoms with E-state index in [2.05, 4.69) is 39.7 Å². The van der Waals surface area contributed by atoms with Gasteiger partial charge in [-0.15, -0.1) is 0 Å². The van der Waals surface area contributed by atoms with E-state index in [0.717, 1.165) is 25.1 Å². The van der Waals surface area contributed by atoms with E-state index in [1.807, 2.05) is 0 Å². The van der Waals surface area contributed by atoms with Crippen LogP contribution in [0.4, 0.5) is 5.69 Å². The molecule has 0 radical (unpaired) electrons. The number of pyridine rings is 1. The Balaban J connectivity index is 2.29. The number of hydrogen-bond acceptors (Lipinski definition) is 3. The van der Waals surface area contributed by atoms with Crippen LogP contribution in [0, 0.1) is 11.8 Å². The molecule has 0 spiro atoms. The van der Waals surface area contributed by atoms with E-state index >= 15 is 0 Å². The Morgan fingerprint density at radius 2 is 2.06 bits per heavy atom. The summed E-state index contributed by atoms with van der Waals surface area (Å²) in [5.41, 5.74) is 1.68. The highest BCUT2D eigenvalue weighted by Gasteiger charge is 2.23. The molecule has 17 heavy (non-hydrogen) atoms. The minimum Gasteiger partial charge on any atom is -0.369 e. The summed E-state index contributed by atoms with van der Waals surface area (Å²) in [6, 6.07) is 1.78. The van der Waals surface area contributed by atoms with Crippen molar-refractivity contribution in [2.45, 2.75) is 20.3 Å². The van der Waals surface area contributed by atoms with Crippen molar-refractivity contribution in [3.63, 3.8) is 0 Å². The highest BCUT2D eigenvalue weighted by atomic mass is 79.9. The van der Waals surface area contributed by atoms with Gasteiger partial charge in [0.2, 0.25) is 0 Å². The third-order valence-corrected chi connectivity index (χ3v) is 3.65. The zero-order valence-corrected chi connectivity index (χ0v) is 11.8. The molecule has 0 unspecified atom stereocenters. The van der Waals surface area contributed by atoms with Crippen LogP contribution >= 0.6 is 15.9 Å². The van der Waals surface area contributed by atoms with Crippen LogP contribution in [0.25, 0.3) is 0 Å². The Morgan fingerprint density at radius 3 is 2.65 bits per heavy atom. The van der Waals surface area contributed by atoms with Crippen molar-refractivity contribution in [3.05, 3.63) is 22.4 Å². The first-order valence-electron chi connectivity index (χ1n) is 5.95. The Kier molecular flexibility index (Phi) is 3.82. The summed E-state index contributed by atoms with van der Waals surface area (Å²) in [5.74, 6) is 1.34. The minimum absolute atomic E-state index is 0.668. The molecule has 1 saturated heterocycles. The second kappa shape index (κ2) is 5.17. The highest BCUT2D eigenvalue weighted by molar-refractivity contribution is 9.10. The summed E-state index contributed by atoms with van der Waals surface area (Å²) in [6.07, 6.45) is 3.96. The molecule has 3 nitrogen and oxygen atoms in total. The third kappa shape index (κ3) is 2.86. The number of halogens is 1. The van der Waals surface area contributed by atoms with E-state index in [-0.39, 0.29) is 0 Å². The summed E-state index contributed by atoms with van der Waals surface area (Å²) in [4.78, 5) is 17.6. The van der Waals surface area contributed by atoms with Gasteiger partial charge in [-0.25, -0.2) is 4.98 Å². The number of nitrogens with zero attached hydrogens (tertiary/aromatic N) is 2. The zero-order valence-electron chi connectivity index (χ0n) is 10.2. The van der Waals surface area contributed by atoms with Gasteiger partial charge in [-0.2, -0.15) is 0 Å². The van der Waals surface area contributed by atoms with Gasteiger partial charge in [0.25, 0.3) is 0 Å². The molecule has 0 bridgehead atoms. The largest absolute Gasteiger partial charge is 0.369 e. The maximum atomic E-state index is 11.1. The molecule has 0 saturated carbocycles. The van der Waals surface area contributed by atoms with Crippen molar-refractivity contribution >= 4 is 27.9 Å². The molecule has 0 amide bonds. The number of rotatable bonds is 2. The van der Waals surface area contributed by atoms with Crippen molar-refractivity contribution in [3.8, 4) is 0 Å². The summed E-state index contributed by atoms with van der Waals surface area (Å²) in [6.45, 7) is 6.54. The van der Waals surface area contributed by atoms with Gasteiger partial charge < -0.3 is 4.90 Å². The second-order valence-electron chi connectivity index (χ2n) is 5.03. The first kappa shape index (κ1) is 12.6. The zero-order chi connectivity index (χ0) is 12.4. The molecule has 1 aromatic rings. The Hall–Kier alpha value is -0.900. The lowest BCUT2D eigenvalue weighted by atomic mass is 9.91. The van der Waals surface area contributed by atoms with Gasteiger partial charge >= 0.3 is 0 Å². The molecule has 1 aromatic heterocycles. The molecule has 92 valence electrons. The number of aldehydes is 1. The minimum atomic E-state index is 0.668. The lowest BCUT2D eigenvalue weighted by Gasteiger charge is -2.37. The van der Waals surface area contributed by atoms with Gasteiger partial charge in [0.15, 0.2) is 6.29 Å². The van der Waals surface area contributed by atoms with Crippen LogP contribution in [0.15, 0.2) is 16.9 Å². The van der Waals surface area contributed by atoms with E-state index < -0.39 is 0 Å². The number of anilines is 1. The molecule has 2 atom stereocenters. The maximum absolute atomic E-state index is 11.1. The molecule has 0 N–H and O–H groups in total. The van der Waals surface area contributed by atoms with Crippen molar-refractivity contribution in [1.29, 1.82) is 0 Å². The third-order valence-electron chi connectivity index (χ3n) is 3.22. The standard InChI is InChI=1S/C13H17BrN2O/c1-9-3-10(2)7-16(6-9)12-5-15-13(14)4-11(12)8-17/h4-5,8-10H,3,6-7H2,1-2H3/t9-,10+. The molecule has 1 aliphatic heterocycles. The fraction of sp³-hybridized carbons (Fsp3) is 0.538. The fourth-order valence-corrected chi connectivity index (χ4v) is 3.00. The Bertz CT molecular complexity index is 412. The first-order valence-corrected chi connectivity index (χ1v) is 6.75. The van der Waals surface area contributed by atoms with Gasteiger partial charge in [-0.3, -0.25) is 4.79 Å². The average molecular weight is 297 g/mol.